The van der Waals surface area contributed by atoms with E-state index in [1.165, 1.54) is 151 Å². The third-order valence-corrected chi connectivity index (χ3v) is 13.7. The second-order valence-electron chi connectivity index (χ2n) is 19.8. The lowest BCUT2D eigenvalue weighted by molar-refractivity contribution is 0.0320. The lowest BCUT2D eigenvalue weighted by Gasteiger charge is -2.23. The zero-order chi connectivity index (χ0) is 54.4. The predicted octanol–water partition coefficient (Wildman–Crippen LogP) is 12.4. The van der Waals surface area contributed by atoms with Crippen LogP contribution in [-0.2, 0) is 14.2 Å². The Bertz CT molecular complexity index is 2060. The molecule has 1 saturated heterocycles. The summed E-state index contributed by atoms with van der Waals surface area (Å²) in [5.41, 5.74) is 1.05. The third kappa shape index (κ3) is 27.4. The number of hydrogen-bond donors (Lipinski definition) is 2. The second-order valence-corrected chi connectivity index (χ2v) is 19.8. The maximum atomic E-state index is 12.5. The van der Waals surface area contributed by atoms with Gasteiger partial charge in [0, 0.05) is 26.2 Å². The van der Waals surface area contributed by atoms with Gasteiger partial charge in [0.05, 0.1) is 75.1 Å². The van der Waals surface area contributed by atoms with Crippen LogP contribution >= 0.6 is 0 Å². The Hall–Kier alpha value is -5.84. The molecule has 0 atom stereocenters. The molecule has 0 saturated carbocycles. The van der Waals surface area contributed by atoms with E-state index < -0.39 is 23.9 Å². The molecule has 0 radical (unpaired) electrons. The Labute approximate surface area is 457 Å². The first-order chi connectivity index (χ1) is 37.7. The van der Waals surface area contributed by atoms with Gasteiger partial charge in [0.1, 0.15) is 23.0 Å². The van der Waals surface area contributed by atoms with E-state index >= 15 is 0 Å². The highest BCUT2D eigenvalue weighted by molar-refractivity contribution is 5.92. The summed E-state index contributed by atoms with van der Waals surface area (Å²) >= 11 is 0. The van der Waals surface area contributed by atoms with Crippen LogP contribution in [0.2, 0.25) is 0 Å². The molecule has 1 aliphatic rings. The minimum atomic E-state index is -1.03. The minimum Gasteiger partial charge on any atom is -0.494 e. The molecule has 0 amide bonds. The van der Waals surface area contributed by atoms with Crippen LogP contribution in [-0.4, -0.2) is 136 Å². The van der Waals surface area contributed by atoms with Gasteiger partial charge in [-0.15, -0.1) is 0 Å². The summed E-state index contributed by atoms with van der Waals surface area (Å²) in [6.07, 6.45) is 24.3. The van der Waals surface area contributed by atoms with Gasteiger partial charge in [0.25, 0.3) is 0 Å². The molecule has 1 aliphatic heterocycles. The standard InChI is InChI=1S/C62H86N2O13/c65-59(66)51-21-33-57(34-22-51)76-61(69)53-25-29-55(30-26-53)74-43-19-15-11-7-3-1-5-9-13-17-37-63-39-45-71-46-40-64(42-48-73-50-49-72-47-41-63)38-18-14-10-6-2-4-8-12-16-20-44-75-56-31-27-54(28-32-56)62(70)77-58-35-23-52(24-36-58)60(67)68/h21-36H,1-20,37-50H2,(H,65,66)(H,67,68). The number of unbranched alkanes of at least 4 members (excludes halogenated alkanes) is 18. The largest absolute Gasteiger partial charge is 0.494 e. The van der Waals surface area contributed by atoms with E-state index in [9.17, 15) is 19.2 Å². The number of carboxylic acids is 2. The Balaban J connectivity index is 0.788. The van der Waals surface area contributed by atoms with Crippen molar-refractivity contribution in [1.82, 2.24) is 9.80 Å². The van der Waals surface area contributed by atoms with Gasteiger partial charge < -0.3 is 43.4 Å². The monoisotopic (exact) mass is 1070 g/mol. The number of nitrogens with zero attached hydrogens (tertiary/aromatic N) is 2. The lowest BCUT2D eigenvalue weighted by Crippen LogP contribution is -2.34. The first-order valence-electron chi connectivity index (χ1n) is 28.5. The fourth-order valence-corrected chi connectivity index (χ4v) is 8.99. The molecule has 4 aromatic rings. The molecule has 15 heteroatoms. The lowest BCUT2D eigenvalue weighted by atomic mass is 10.1. The maximum absolute atomic E-state index is 12.5. The van der Waals surface area contributed by atoms with Gasteiger partial charge in [-0.05, 0) is 136 Å². The van der Waals surface area contributed by atoms with Crippen LogP contribution in [0.25, 0.3) is 0 Å². The van der Waals surface area contributed by atoms with Crippen molar-refractivity contribution in [3.63, 3.8) is 0 Å². The van der Waals surface area contributed by atoms with E-state index in [1.807, 2.05) is 0 Å². The minimum absolute atomic E-state index is 0.131. The molecule has 15 nitrogen and oxygen atoms in total. The highest BCUT2D eigenvalue weighted by Gasteiger charge is 2.13. The zero-order valence-corrected chi connectivity index (χ0v) is 45.6. The molecule has 0 unspecified atom stereocenters. The van der Waals surface area contributed by atoms with E-state index in [4.69, 9.17) is 43.4 Å². The van der Waals surface area contributed by atoms with Crippen molar-refractivity contribution in [3.05, 3.63) is 119 Å². The number of carbonyl (C=O) groups excluding carboxylic acids is 2. The highest BCUT2D eigenvalue weighted by Crippen LogP contribution is 2.20. The first kappa shape index (κ1) is 62.0. The average molecular weight is 1070 g/mol. The molecule has 0 aromatic heterocycles. The molecular formula is C62H86N2O13. The van der Waals surface area contributed by atoms with Crippen LogP contribution in [0, 0.1) is 0 Å². The van der Waals surface area contributed by atoms with Gasteiger partial charge >= 0.3 is 23.9 Å². The fourth-order valence-electron chi connectivity index (χ4n) is 8.99. The van der Waals surface area contributed by atoms with Crippen molar-refractivity contribution in [2.75, 3.05) is 92.1 Å². The number of carbonyl (C=O) groups is 4. The van der Waals surface area contributed by atoms with Crippen molar-refractivity contribution < 1.29 is 62.5 Å². The Kier molecular flexibility index (Phi) is 31.1. The molecule has 422 valence electrons. The summed E-state index contributed by atoms with van der Waals surface area (Å²) in [4.78, 5) is 52.0. The van der Waals surface area contributed by atoms with E-state index in [0.29, 0.717) is 49.1 Å². The third-order valence-electron chi connectivity index (χ3n) is 13.7. The summed E-state index contributed by atoms with van der Waals surface area (Å²) in [5.74, 6) is -1.08. The molecule has 0 aliphatic carbocycles. The highest BCUT2D eigenvalue weighted by atomic mass is 16.5. The molecule has 0 spiro atoms. The molecule has 0 bridgehead atoms. The Morgan fingerprint density at radius 3 is 0.909 bits per heavy atom. The summed E-state index contributed by atoms with van der Waals surface area (Å²) < 4.78 is 40.5. The molecule has 2 N–H and O–H groups in total. The van der Waals surface area contributed by atoms with Gasteiger partial charge in [-0.3, -0.25) is 9.80 Å². The summed E-state index contributed by atoms with van der Waals surface area (Å²) in [7, 11) is 0. The van der Waals surface area contributed by atoms with E-state index in [-0.39, 0.29) is 22.6 Å². The van der Waals surface area contributed by atoms with Crippen molar-refractivity contribution in [1.29, 1.82) is 0 Å². The van der Waals surface area contributed by atoms with Gasteiger partial charge in [0.15, 0.2) is 0 Å². The number of hydrogen-bond acceptors (Lipinski definition) is 13. The maximum Gasteiger partial charge on any atom is 0.343 e. The van der Waals surface area contributed by atoms with Crippen molar-refractivity contribution in [2.24, 2.45) is 0 Å². The van der Waals surface area contributed by atoms with Crippen LogP contribution in [0.1, 0.15) is 170 Å². The number of esters is 2. The van der Waals surface area contributed by atoms with Crippen LogP contribution in [0.5, 0.6) is 23.0 Å². The van der Waals surface area contributed by atoms with Crippen LogP contribution in [0.4, 0.5) is 0 Å². The fraction of sp³-hybridized carbons (Fsp3) is 0.548. The average Bonchev–Trinajstić information content (AvgIpc) is 3.44. The van der Waals surface area contributed by atoms with Gasteiger partial charge in [0.2, 0.25) is 0 Å². The SMILES string of the molecule is O=C(O)c1ccc(OC(=O)c2ccc(OCCCCCCCCCCCCN3CCOCCOCCN(CCCCCCCCCCCCOc4ccc(C(=O)Oc5ccc(C(=O)O)cc5)cc4)CCOCC3)cc2)cc1. The van der Waals surface area contributed by atoms with Crippen LogP contribution in [0.15, 0.2) is 97.1 Å². The van der Waals surface area contributed by atoms with Crippen LogP contribution in [0.3, 0.4) is 0 Å². The van der Waals surface area contributed by atoms with Crippen LogP contribution < -0.4 is 18.9 Å². The Morgan fingerprint density at radius 2 is 0.597 bits per heavy atom. The second kappa shape index (κ2) is 38.7. The zero-order valence-electron chi connectivity index (χ0n) is 45.6. The number of rotatable bonds is 34. The number of aromatic carboxylic acids is 2. The number of ether oxygens (including phenoxy) is 7. The predicted molar refractivity (Wildman–Crippen MR) is 298 cm³/mol. The normalized spacial score (nSPS) is 14.2. The number of carboxylic acid groups (broad SMARTS) is 2. The number of benzene rings is 4. The molecular weight excluding hydrogens is 981 g/mol. The Morgan fingerprint density at radius 1 is 0.338 bits per heavy atom. The molecule has 1 heterocycles. The topological polar surface area (TPSA) is 180 Å². The molecule has 77 heavy (non-hydrogen) atoms. The molecule has 1 fully saturated rings. The molecule has 5 rings (SSSR count). The van der Waals surface area contributed by atoms with E-state index in [2.05, 4.69) is 9.80 Å². The smallest absolute Gasteiger partial charge is 0.343 e. The van der Waals surface area contributed by atoms with Gasteiger partial charge in [-0.2, -0.15) is 0 Å². The van der Waals surface area contributed by atoms with Crippen molar-refractivity contribution in [3.8, 4) is 23.0 Å². The van der Waals surface area contributed by atoms with E-state index in [1.54, 1.807) is 48.5 Å². The quantitative estimate of drug-likeness (QED) is 0.0256. The summed E-state index contributed by atoms with van der Waals surface area (Å²) in [6.45, 7) is 11.4. The summed E-state index contributed by atoms with van der Waals surface area (Å²) in [6, 6.07) is 25.2. The summed E-state index contributed by atoms with van der Waals surface area (Å²) in [5, 5.41) is 18.1. The van der Waals surface area contributed by atoms with Gasteiger partial charge in [-0.1, -0.05) is 103 Å². The molecule has 4 aromatic carbocycles. The van der Waals surface area contributed by atoms with E-state index in [0.717, 1.165) is 91.4 Å². The first-order valence-corrected chi connectivity index (χ1v) is 28.5. The van der Waals surface area contributed by atoms with Gasteiger partial charge in [-0.25, -0.2) is 19.2 Å². The van der Waals surface area contributed by atoms with Crippen molar-refractivity contribution in [2.45, 2.75) is 128 Å². The van der Waals surface area contributed by atoms with Crippen molar-refractivity contribution >= 4 is 23.9 Å².